The molecule has 0 saturated carbocycles. The third kappa shape index (κ3) is 1.97. The third-order valence-corrected chi connectivity index (χ3v) is 4.05. The molecule has 0 aromatic heterocycles. The number of anilines is 1. The fourth-order valence-electron chi connectivity index (χ4n) is 2.92. The van der Waals surface area contributed by atoms with Crippen molar-refractivity contribution in [3.63, 3.8) is 0 Å². The Kier molecular flexibility index (Phi) is 2.96. The first-order chi connectivity index (χ1) is 8.80. The van der Waals surface area contributed by atoms with Gasteiger partial charge in [0.1, 0.15) is 5.54 Å². The van der Waals surface area contributed by atoms with E-state index in [0.29, 0.717) is 0 Å². The molecule has 0 bridgehead atoms. The van der Waals surface area contributed by atoms with Crippen molar-refractivity contribution in [1.29, 1.82) is 0 Å². The average Bonchev–Trinajstić information content (AvgIpc) is 2.44. The number of carbonyl (C=O) groups excluding carboxylic acids is 1. The van der Waals surface area contributed by atoms with Crippen LogP contribution in [0.25, 0.3) is 0 Å². The number of nitrogens with one attached hydrogen (secondary N) is 2. The predicted molar refractivity (Wildman–Crippen MR) is 71.6 cm³/mol. The van der Waals surface area contributed by atoms with Crippen molar-refractivity contribution in [2.75, 3.05) is 31.1 Å². The lowest BCUT2D eigenvalue weighted by atomic mass is 9.85. The van der Waals surface area contributed by atoms with Crippen LogP contribution in [0.15, 0.2) is 30.3 Å². The van der Waals surface area contributed by atoms with Gasteiger partial charge in [0.05, 0.1) is 0 Å². The Balaban J connectivity index is 1.69. The van der Waals surface area contributed by atoms with Gasteiger partial charge >= 0.3 is 0 Å². The predicted octanol–water partition coefficient (Wildman–Crippen LogP) is 0.745. The Morgan fingerprint density at radius 2 is 1.78 bits per heavy atom. The summed E-state index contributed by atoms with van der Waals surface area (Å²) in [7, 11) is 0. The molecule has 1 aromatic carbocycles. The Morgan fingerprint density at radius 1 is 1.06 bits per heavy atom. The third-order valence-electron chi connectivity index (χ3n) is 4.05. The molecule has 2 aliphatic rings. The van der Waals surface area contributed by atoms with Crippen molar-refractivity contribution in [2.45, 2.75) is 18.4 Å². The smallest absolute Gasteiger partial charge is 0.240 e. The van der Waals surface area contributed by atoms with E-state index in [9.17, 15) is 4.79 Å². The lowest BCUT2D eigenvalue weighted by Gasteiger charge is -2.44. The van der Waals surface area contributed by atoms with Gasteiger partial charge in [-0.1, -0.05) is 18.2 Å². The molecule has 2 fully saturated rings. The normalized spacial score (nSPS) is 22.9. The molecule has 0 radical (unpaired) electrons. The maximum atomic E-state index is 12.0. The van der Waals surface area contributed by atoms with E-state index in [4.69, 9.17) is 0 Å². The number of nitrogens with zero attached hydrogens (tertiary/aromatic N) is 1. The lowest BCUT2D eigenvalue weighted by molar-refractivity contribution is -0.130. The minimum atomic E-state index is -0.316. The van der Waals surface area contributed by atoms with Gasteiger partial charge in [0.2, 0.25) is 5.91 Å². The summed E-state index contributed by atoms with van der Waals surface area (Å²) in [4.78, 5) is 14.4. The maximum Gasteiger partial charge on any atom is 0.240 e. The molecule has 4 nitrogen and oxygen atoms in total. The molecule has 1 aromatic rings. The summed E-state index contributed by atoms with van der Waals surface area (Å²) in [6, 6.07) is 10.4. The molecule has 0 unspecified atom stereocenters. The minimum Gasteiger partial charge on any atom is -0.371 e. The van der Waals surface area contributed by atoms with Crippen molar-refractivity contribution >= 4 is 11.6 Å². The van der Waals surface area contributed by atoms with Gasteiger partial charge in [0.15, 0.2) is 0 Å². The summed E-state index contributed by atoms with van der Waals surface area (Å²) in [6.07, 6.45) is 1.77. The zero-order chi connectivity index (χ0) is 12.4. The van der Waals surface area contributed by atoms with Gasteiger partial charge in [0, 0.05) is 31.9 Å². The quantitative estimate of drug-likeness (QED) is 0.767. The van der Waals surface area contributed by atoms with Crippen molar-refractivity contribution in [2.24, 2.45) is 0 Å². The van der Waals surface area contributed by atoms with Gasteiger partial charge in [-0.3, -0.25) is 4.79 Å². The Morgan fingerprint density at radius 3 is 2.44 bits per heavy atom. The van der Waals surface area contributed by atoms with Crippen LogP contribution >= 0.6 is 0 Å². The van der Waals surface area contributed by atoms with Gasteiger partial charge < -0.3 is 15.5 Å². The second-order valence-electron chi connectivity index (χ2n) is 5.09. The number of piperazine rings is 1. The van der Waals surface area contributed by atoms with E-state index < -0.39 is 0 Å². The number of piperidine rings is 1. The first-order valence-electron chi connectivity index (χ1n) is 6.64. The number of rotatable bonds is 1. The fraction of sp³-hybridized carbons (Fsp3) is 0.500. The fourth-order valence-corrected chi connectivity index (χ4v) is 2.92. The molecular weight excluding hydrogens is 226 g/mol. The van der Waals surface area contributed by atoms with Crippen molar-refractivity contribution in [3.8, 4) is 0 Å². The van der Waals surface area contributed by atoms with Crippen LogP contribution in [0.5, 0.6) is 0 Å². The molecule has 2 saturated heterocycles. The first-order valence-corrected chi connectivity index (χ1v) is 6.64. The van der Waals surface area contributed by atoms with Gasteiger partial charge in [-0.2, -0.15) is 0 Å². The lowest BCUT2D eigenvalue weighted by Crippen LogP contribution is -2.66. The molecule has 0 atom stereocenters. The second kappa shape index (κ2) is 4.61. The summed E-state index contributed by atoms with van der Waals surface area (Å²) in [6.45, 7) is 3.51. The van der Waals surface area contributed by atoms with Crippen molar-refractivity contribution < 1.29 is 4.79 Å². The number of benzene rings is 1. The van der Waals surface area contributed by atoms with Gasteiger partial charge in [0.25, 0.3) is 0 Å². The van der Waals surface area contributed by atoms with Crippen LogP contribution in [0.1, 0.15) is 12.8 Å². The summed E-state index contributed by atoms with van der Waals surface area (Å²) in [5.41, 5.74) is 0.937. The highest BCUT2D eigenvalue weighted by atomic mass is 16.2. The standard InChI is InChI=1S/C14H19N3O/c18-13-14(16-9-8-15-13)6-10-17(11-7-14)12-4-2-1-3-5-12/h1-5,16H,6-11H2,(H,15,18). The topological polar surface area (TPSA) is 44.4 Å². The van der Waals surface area contributed by atoms with E-state index in [2.05, 4.69) is 39.8 Å². The zero-order valence-electron chi connectivity index (χ0n) is 10.5. The van der Waals surface area contributed by atoms with Crippen LogP contribution < -0.4 is 15.5 Å². The molecule has 4 heteroatoms. The number of carbonyl (C=O) groups is 1. The Labute approximate surface area is 107 Å². The summed E-state index contributed by atoms with van der Waals surface area (Å²) in [5, 5.41) is 6.39. The van der Waals surface area contributed by atoms with Crippen molar-refractivity contribution in [1.82, 2.24) is 10.6 Å². The van der Waals surface area contributed by atoms with Crippen LogP contribution in [0.3, 0.4) is 0 Å². The molecule has 18 heavy (non-hydrogen) atoms. The highest BCUT2D eigenvalue weighted by Crippen LogP contribution is 2.27. The van der Waals surface area contributed by atoms with Crippen LogP contribution in [0.4, 0.5) is 5.69 Å². The number of amides is 1. The first kappa shape index (κ1) is 11.5. The van der Waals surface area contributed by atoms with E-state index in [1.165, 1.54) is 5.69 Å². The van der Waals surface area contributed by atoms with Crippen LogP contribution in [-0.2, 0) is 4.79 Å². The van der Waals surface area contributed by atoms with Crippen LogP contribution in [0.2, 0.25) is 0 Å². The number of para-hydroxylation sites is 1. The molecule has 96 valence electrons. The molecule has 3 rings (SSSR count). The summed E-state index contributed by atoms with van der Waals surface area (Å²) in [5.74, 6) is 0.182. The van der Waals surface area contributed by atoms with E-state index in [0.717, 1.165) is 39.0 Å². The van der Waals surface area contributed by atoms with E-state index in [1.54, 1.807) is 0 Å². The Hall–Kier alpha value is -1.55. The van der Waals surface area contributed by atoms with Gasteiger partial charge in [-0.05, 0) is 25.0 Å². The zero-order valence-corrected chi connectivity index (χ0v) is 10.5. The minimum absolute atomic E-state index is 0.182. The summed E-state index contributed by atoms with van der Waals surface area (Å²) < 4.78 is 0. The molecule has 1 spiro atoms. The maximum absolute atomic E-state index is 12.0. The highest BCUT2D eigenvalue weighted by molar-refractivity contribution is 5.87. The van der Waals surface area contributed by atoms with Gasteiger partial charge in [-0.15, -0.1) is 0 Å². The van der Waals surface area contributed by atoms with Crippen LogP contribution in [-0.4, -0.2) is 37.6 Å². The monoisotopic (exact) mass is 245 g/mol. The van der Waals surface area contributed by atoms with E-state index in [-0.39, 0.29) is 11.4 Å². The molecular formula is C14H19N3O. The average molecular weight is 245 g/mol. The molecule has 2 heterocycles. The second-order valence-corrected chi connectivity index (χ2v) is 5.09. The SMILES string of the molecule is O=C1NCCNC12CCN(c1ccccc1)CC2. The number of hydrogen-bond acceptors (Lipinski definition) is 3. The largest absolute Gasteiger partial charge is 0.371 e. The van der Waals surface area contributed by atoms with Gasteiger partial charge in [-0.25, -0.2) is 0 Å². The molecule has 2 N–H and O–H groups in total. The van der Waals surface area contributed by atoms with Crippen LogP contribution in [0, 0.1) is 0 Å². The molecule has 0 aliphatic carbocycles. The van der Waals surface area contributed by atoms with E-state index in [1.807, 2.05) is 6.07 Å². The highest BCUT2D eigenvalue weighted by Gasteiger charge is 2.42. The molecule has 1 amide bonds. The van der Waals surface area contributed by atoms with Crippen molar-refractivity contribution in [3.05, 3.63) is 30.3 Å². The van der Waals surface area contributed by atoms with E-state index >= 15 is 0 Å². The molecule has 2 aliphatic heterocycles. The number of hydrogen-bond donors (Lipinski definition) is 2. The summed E-state index contributed by atoms with van der Waals surface area (Å²) >= 11 is 0. The Bertz CT molecular complexity index is 424.